The Kier molecular flexibility index (Phi) is 2.92. The third-order valence-electron chi connectivity index (χ3n) is 2.97. The van der Waals surface area contributed by atoms with E-state index in [2.05, 4.69) is 51.1 Å². The van der Waals surface area contributed by atoms with E-state index in [1.54, 1.807) is 0 Å². The van der Waals surface area contributed by atoms with E-state index in [1.807, 2.05) is 0 Å². The summed E-state index contributed by atoms with van der Waals surface area (Å²) >= 11 is 0. The molecule has 0 spiro atoms. The lowest BCUT2D eigenvalue weighted by atomic mass is 9.88. The maximum absolute atomic E-state index is 5.90. The summed E-state index contributed by atoms with van der Waals surface area (Å²) in [7, 11) is 0. The van der Waals surface area contributed by atoms with E-state index in [4.69, 9.17) is 4.74 Å². The Morgan fingerprint density at radius 2 is 2.07 bits per heavy atom. The lowest BCUT2D eigenvalue weighted by Crippen LogP contribution is -2.26. The van der Waals surface area contributed by atoms with Gasteiger partial charge in [-0.3, -0.25) is 0 Å². The second-order valence-corrected chi connectivity index (χ2v) is 4.38. The summed E-state index contributed by atoms with van der Waals surface area (Å²) in [6.07, 6.45) is 2.44. The third kappa shape index (κ3) is 1.84. The van der Waals surface area contributed by atoms with Gasteiger partial charge in [-0.1, -0.05) is 44.2 Å². The van der Waals surface area contributed by atoms with Crippen molar-refractivity contribution in [3.8, 4) is 0 Å². The molecule has 0 saturated carbocycles. The molecule has 1 aliphatic rings. The maximum Gasteiger partial charge on any atom is 0.0855 e. The average Bonchev–Trinajstić information content (AvgIpc) is 2.27. The molecule has 0 fully saturated rings. The van der Waals surface area contributed by atoms with Gasteiger partial charge in [0.05, 0.1) is 12.7 Å². The Hall–Kier alpha value is -1.08. The number of hydrogen-bond donors (Lipinski definition) is 0. The summed E-state index contributed by atoms with van der Waals surface area (Å²) in [5, 5.41) is 0. The molecule has 0 radical (unpaired) electrons. The van der Waals surface area contributed by atoms with Crippen molar-refractivity contribution in [2.24, 2.45) is 5.92 Å². The van der Waals surface area contributed by atoms with E-state index < -0.39 is 0 Å². The van der Waals surface area contributed by atoms with E-state index in [-0.39, 0.29) is 6.10 Å². The molecular weight excluding hydrogens is 184 g/mol. The minimum absolute atomic E-state index is 0.255. The molecule has 1 atom stereocenters. The fraction of sp³-hybridized carbons (Fsp3) is 0.429. The van der Waals surface area contributed by atoms with E-state index >= 15 is 0 Å². The van der Waals surface area contributed by atoms with Crippen LogP contribution in [0.5, 0.6) is 0 Å². The normalized spacial score (nSPS) is 23.2. The zero-order valence-corrected chi connectivity index (χ0v) is 9.66. The zero-order valence-electron chi connectivity index (χ0n) is 9.66. The van der Waals surface area contributed by atoms with E-state index in [9.17, 15) is 0 Å². The molecule has 0 N–H and O–H groups in total. The first-order valence-corrected chi connectivity index (χ1v) is 5.60. The Morgan fingerprint density at radius 3 is 2.73 bits per heavy atom. The summed E-state index contributed by atoms with van der Waals surface area (Å²) in [6, 6.07) is 8.52. The fourth-order valence-electron chi connectivity index (χ4n) is 2.22. The minimum atomic E-state index is 0.255. The molecule has 1 aliphatic heterocycles. The van der Waals surface area contributed by atoms with E-state index in [1.165, 1.54) is 16.7 Å². The Balaban J connectivity index is 2.44. The molecule has 1 unspecified atom stereocenters. The number of benzene rings is 1. The molecule has 0 aliphatic carbocycles. The van der Waals surface area contributed by atoms with Crippen molar-refractivity contribution in [1.82, 2.24) is 0 Å². The highest BCUT2D eigenvalue weighted by Gasteiger charge is 2.25. The van der Waals surface area contributed by atoms with Gasteiger partial charge in [-0.25, -0.2) is 0 Å². The molecule has 0 aromatic heterocycles. The van der Waals surface area contributed by atoms with E-state index in [0.29, 0.717) is 5.92 Å². The summed E-state index contributed by atoms with van der Waals surface area (Å²) in [5.41, 5.74) is 4.01. The molecule has 0 bridgehead atoms. The van der Waals surface area contributed by atoms with Crippen LogP contribution in [0.25, 0.3) is 5.57 Å². The van der Waals surface area contributed by atoms with Gasteiger partial charge in [-0.05, 0) is 29.5 Å². The standard InChI is InChI=1S/C14H18O/c1-4-12-13-8-6-5-7-11(13)9-15-14(12)10(2)3/h4-8,10,14H,9H2,1-3H3/b12-4-. The van der Waals surface area contributed by atoms with Crippen molar-refractivity contribution in [2.45, 2.75) is 33.5 Å². The first kappa shape index (κ1) is 10.4. The van der Waals surface area contributed by atoms with Crippen molar-refractivity contribution in [3.63, 3.8) is 0 Å². The topological polar surface area (TPSA) is 9.23 Å². The number of fused-ring (bicyclic) bond motifs is 1. The molecule has 2 rings (SSSR count). The predicted octanol–water partition coefficient (Wildman–Crippen LogP) is 3.64. The van der Waals surface area contributed by atoms with Gasteiger partial charge in [0.25, 0.3) is 0 Å². The van der Waals surface area contributed by atoms with Crippen LogP contribution in [0, 0.1) is 5.92 Å². The predicted molar refractivity (Wildman–Crippen MR) is 63.5 cm³/mol. The monoisotopic (exact) mass is 202 g/mol. The lowest BCUT2D eigenvalue weighted by Gasteiger charge is -2.31. The van der Waals surface area contributed by atoms with Gasteiger partial charge in [-0.15, -0.1) is 0 Å². The first-order valence-electron chi connectivity index (χ1n) is 5.60. The number of hydrogen-bond acceptors (Lipinski definition) is 1. The van der Waals surface area contributed by atoms with Crippen LogP contribution in [0.3, 0.4) is 0 Å². The SMILES string of the molecule is C/C=C1/c2ccccc2COC1C(C)C. The maximum atomic E-state index is 5.90. The smallest absolute Gasteiger partial charge is 0.0855 e. The van der Waals surface area contributed by atoms with Crippen LogP contribution in [-0.4, -0.2) is 6.10 Å². The van der Waals surface area contributed by atoms with Crippen LogP contribution in [0.2, 0.25) is 0 Å². The molecule has 80 valence electrons. The molecule has 1 heteroatoms. The highest BCUT2D eigenvalue weighted by Crippen LogP contribution is 2.33. The van der Waals surface area contributed by atoms with Crippen LogP contribution in [0.4, 0.5) is 0 Å². The van der Waals surface area contributed by atoms with Gasteiger partial charge < -0.3 is 4.74 Å². The molecule has 0 amide bonds. The van der Waals surface area contributed by atoms with Gasteiger partial charge in [0, 0.05) is 0 Å². The fourth-order valence-corrected chi connectivity index (χ4v) is 2.22. The first-order chi connectivity index (χ1) is 7.24. The lowest BCUT2D eigenvalue weighted by molar-refractivity contribution is 0.0428. The molecular formula is C14H18O. The number of ether oxygens (including phenoxy) is 1. The Labute approximate surface area is 91.8 Å². The van der Waals surface area contributed by atoms with Crippen molar-refractivity contribution >= 4 is 5.57 Å². The van der Waals surface area contributed by atoms with Crippen molar-refractivity contribution < 1.29 is 4.74 Å². The zero-order chi connectivity index (χ0) is 10.8. The van der Waals surface area contributed by atoms with Crippen LogP contribution >= 0.6 is 0 Å². The molecule has 1 heterocycles. The quantitative estimate of drug-likeness (QED) is 0.675. The summed E-state index contributed by atoms with van der Waals surface area (Å²) < 4.78 is 5.90. The second-order valence-electron chi connectivity index (χ2n) is 4.38. The largest absolute Gasteiger partial charge is 0.369 e. The molecule has 0 saturated heterocycles. The van der Waals surface area contributed by atoms with Crippen molar-refractivity contribution in [2.75, 3.05) is 0 Å². The summed E-state index contributed by atoms with van der Waals surface area (Å²) in [4.78, 5) is 0. The number of allylic oxidation sites excluding steroid dienone is 1. The molecule has 15 heavy (non-hydrogen) atoms. The average molecular weight is 202 g/mol. The molecule has 1 aromatic carbocycles. The molecule has 1 nitrogen and oxygen atoms in total. The highest BCUT2D eigenvalue weighted by molar-refractivity contribution is 5.72. The Morgan fingerprint density at radius 1 is 1.33 bits per heavy atom. The van der Waals surface area contributed by atoms with Gasteiger partial charge in [0.1, 0.15) is 0 Å². The Bertz CT molecular complexity index is 377. The van der Waals surface area contributed by atoms with Crippen LogP contribution in [0.1, 0.15) is 31.9 Å². The van der Waals surface area contributed by atoms with E-state index in [0.717, 1.165) is 6.61 Å². The number of rotatable bonds is 1. The van der Waals surface area contributed by atoms with Gasteiger partial charge in [0.2, 0.25) is 0 Å². The van der Waals surface area contributed by atoms with Gasteiger partial charge >= 0.3 is 0 Å². The second kappa shape index (κ2) is 4.19. The summed E-state index contributed by atoms with van der Waals surface area (Å²) in [6.45, 7) is 7.26. The van der Waals surface area contributed by atoms with Crippen molar-refractivity contribution in [1.29, 1.82) is 0 Å². The van der Waals surface area contributed by atoms with Crippen LogP contribution in [-0.2, 0) is 11.3 Å². The van der Waals surface area contributed by atoms with Gasteiger partial charge in [0.15, 0.2) is 0 Å². The summed E-state index contributed by atoms with van der Waals surface area (Å²) in [5.74, 6) is 0.532. The van der Waals surface area contributed by atoms with Crippen LogP contribution < -0.4 is 0 Å². The third-order valence-corrected chi connectivity index (χ3v) is 2.97. The van der Waals surface area contributed by atoms with Crippen molar-refractivity contribution in [3.05, 3.63) is 41.5 Å². The minimum Gasteiger partial charge on any atom is -0.369 e. The molecule has 1 aromatic rings. The van der Waals surface area contributed by atoms with Gasteiger partial charge in [-0.2, -0.15) is 0 Å². The van der Waals surface area contributed by atoms with Crippen LogP contribution in [0.15, 0.2) is 30.3 Å². The highest BCUT2D eigenvalue weighted by atomic mass is 16.5.